The van der Waals surface area contributed by atoms with E-state index in [0.717, 1.165) is 31.6 Å². The van der Waals surface area contributed by atoms with Gasteiger partial charge in [0, 0.05) is 31.7 Å². The van der Waals surface area contributed by atoms with Gasteiger partial charge in [-0.15, -0.1) is 0 Å². The maximum absolute atomic E-state index is 4.63. The van der Waals surface area contributed by atoms with E-state index >= 15 is 0 Å². The first-order chi connectivity index (χ1) is 8.81. The van der Waals surface area contributed by atoms with Gasteiger partial charge in [0.2, 0.25) is 0 Å². The van der Waals surface area contributed by atoms with E-state index in [9.17, 15) is 0 Å². The van der Waals surface area contributed by atoms with Gasteiger partial charge in [-0.2, -0.15) is 0 Å². The third kappa shape index (κ3) is 2.46. The monoisotopic (exact) mass is 236 g/mol. The molecule has 0 amide bonds. The summed E-state index contributed by atoms with van der Waals surface area (Å²) in [4.78, 5) is 7.12. The fourth-order valence-corrected chi connectivity index (χ4v) is 2.56. The van der Waals surface area contributed by atoms with Crippen LogP contribution in [-0.4, -0.2) is 24.3 Å². The predicted molar refractivity (Wildman–Crippen MR) is 76.7 cm³/mol. The molecule has 90 valence electrons. The minimum Gasteiger partial charge on any atom is -0.294 e. The summed E-state index contributed by atoms with van der Waals surface area (Å²) in [6, 6.07) is 15.0. The van der Waals surface area contributed by atoms with Gasteiger partial charge in [-0.3, -0.25) is 9.88 Å². The Hall–Kier alpha value is -1.61. The van der Waals surface area contributed by atoms with Gasteiger partial charge in [0.15, 0.2) is 7.85 Å². The maximum atomic E-state index is 4.63. The summed E-state index contributed by atoms with van der Waals surface area (Å²) >= 11 is 0. The molecule has 3 heteroatoms. The van der Waals surface area contributed by atoms with Crippen LogP contribution in [0.5, 0.6) is 0 Å². The summed E-state index contributed by atoms with van der Waals surface area (Å²) in [6.45, 7) is 3.17. The minimum absolute atomic E-state index is 1.03. The van der Waals surface area contributed by atoms with Gasteiger partial charge in [-0.05, 0) is 16.7 Å². The van der Waals surface area contributed by atoms with Gasteiger partial charge in [-0.1, -0.05) is 42.5 Å². The maximum Gasteiger partial charge on any atom is 0.163 e. The first-order valence-electron chi connectivity index (χ1n) is 6.53. The first kappa shape index (κ1) is 11.5. The lowest BCUT2D eigenvalue weighted by Gasteiger charge is -2.28. The van der Waals surface area contributed by atoms with Crippen LogP contribution in [0, 0.1) is 0 Å². The van der Waals surface area contributed by atoms with Crippen LogP contribution in [0.25, 0.3) is 0 Å². The number of rotatable bonds is 2. The Bertz CT molecular complexity index is 539. The third-order valence-corrected chi connectivity index (χ3v) is 3.52. The molecule has 0 fully saturated rings. The highest BCUT2D eigenvalue weighted by Crippen LogP contribution is 2.17. The quantitative estimate of drug-likeness (QED) is 0.720. The Morgan fingerprint density at radius 1 is 1.11 bits per heavy atom. The largest absolute Gasteiger partial charge is 0.294 e. The van der Waals surface area contributed by atoms with Crippen LogP contribution >= 0.6 is 0 Å². The molecule has 1 aromatic heterocycles. The van der Waals surface area contributed by atoms with Crippen LogP contribution in [0.3, 0.4) is 0 Å². The average Bonchev–Trinajstić information content (AvgIpc) is 2.40. The number of aromatic nitrogens is 1. The van der Waals surface area contributed by atoms with Crippen molar-refractivity contribution in [2.75, 3.05) is 6.54 Å². The molecule has 2 nitrogen and oxygen atoms in total. The van der Waals surface area contributed by atoms with E-state index < -0.39 is 0 Å². The van der Waals surface area contributed by atoms with Gasteiger partial charge in [0.25, 0.3) is 0 Å². The molecule has 0 unspecified atom stereocenters. The Morgan fingerprint density at radius 2 is 1.94 bits per heavy atom. The summed E-state index contributed by atoms with van der Waals surface area (Å²) in [5.74, 6) is 0. The van der Waals surface area contributed by atoms with Crippen LogP contribution in [0.4, 0.5) is 0 Å². The molecule has 0 atom stereocenters. The fraction of sp³-hybridized carbons (Fsp3) is 0.267. The number of hydrogen-bond acceptors (Lipinski definition) is 2. The van der Waals surface area contributed by atoms with Crippen molar-refractivity contribution in [3.8, 4) is 0 Å². The van der Waals surface area contributed by atoms with Crippen LogP contribution < -0.4 is 5.59 Å². The molecule has 0 saturated heterocycles. The highest BCUT2D eigenvalue weighted by atomic mass is 15.1. The molecule has 0 spiro atoms. The third-order valence-electron chi connectivity index (χ3n) is 3.52. The van der Waals surface area contributed by atoms with Crippen LogP contribution in [0.1, 0.15) is 16.8 Å². The van der Waals surface area contributed by atoms with Crippen LogP contribution in [-0.2, 0) is 19.5 Å². The lowest BCUT2D eigenvalue weighted by Crippen LogP contribution is -2.31. The number of pyridine rings is 1. The van der Waals surface area contributed by atoms with Crippen molar-refractivity contribution in [3.05, 3.63) is 59.3 Å². The second-order valence-electron chi connectivity index (χ2n) is 5.00. The fourth-order valence-electron chi connectivity index (χ4n) is 2.56. The van der Waals surface area contributed by atoms with Gasteiger partial charge in [0.05, 0.1) is 0 Å². The summed E-state index contributed by atoms with van der Waals surface area (Å²) in [5, 5.41) is 0. The standard InChI is InChI=1S/C15H17BN2/c16-15-7-6-13-11-18(9-8-14(13)17-15)10-12-4-2-1-3-5-12/h1-7H,8-11,16H2. The van der Waals surface area contributed by atoms with Crippen molar-refractivity contribution in [2.24, 2.45) is 0 Å². The second kappa shape index (κ2) is 4.95. The highest BCUT2D eigenvalue weighted by molar-refractivity contribution is 6.30. The molecule has 0 N–H and O–H groups in total. The molecule has 0 aliphatic carbocycles. The molecule has 2 aromatic rings. The van der Waals surface area contributed by atoms with E-state index in [4.69, 9.17) is 0 Å². The normalized spacial score (nSPS) is 15.3. The minimum atomic E-state index is 1.03. The Morgan fingerprint density at radius 3 is 2.78 bits per heavy atom. The Labute approximate surface area is 109 Å². The number of benzene rings is 1. The summed E-state index contributed by atoms with van der Waals surface area (Å²) in [5.41, 5.74) is 5.20. The molecule has 0 bridgehead atoms. The van der Waals surface area contributed by atoms with Crippen molar-refractivity contribution in [2.45, 2.75) is 19.5 Å². The van der Waals surface area contributed by atoms with E-state index in [-0.39, 0.29) is 0 Å². The molecular formula is C15H17BN2. The molecule has 1 aliphatic heterocycles. The molecule has 3 rings (SSSR count). The zero-order chi connectivity index (χ0) is 12.4. The van der Waals surface area contributed by atoms with Gasteiger partial charge in [-0.25, -0.2) is 0 Å². The second-order valence-corrected chi connectivity index (χ2v) is 5.00. The predicted octanol–water partition coefficient (Wildman–Crippen LogP) is 0.898. The molecule has 1 aromatic carbocycles. The Balaban J connectivity index is 1.73. The van der Waals surface area contributed by atoms with Crippen LogP contribution in [0.2, 0.25) is 0 Å². The topological polar surface area (TPSA) is 16.1 Å². The van der Waals surface area contributed by atoms with Gasteiger partial charge >= 0.3 is 0 Å². The summed E-state index contributed by atoms with van der Waals surface area (Å²) in [7, 11) is 2.07. The van der Waals surface area contributed by atoms with E-state index in [1.54, 1.807) is 0 Å². The molecule has 0 saturated carbocycles. The summed E-state index contributed by atoms with van der Waals surface area (Å²) in [6.07, 6.45) is 1.07. The zero-order valence-corrected chi connectivity index (χ0v) is 10.8. The molecule has 2 heterocycles. The number of nitrogens with zero attached hydrogens (tertiary/aromatic N) is 2. The Kier molecular flexibility index (Phi) is 3.16. The number of hydrogen-bond donors (Lipinski definition) is 0. The van der Waals surface area contributed by atoms with Gasteiger partial charge in [0.1, 0.15) is 0 Å². The lowest BCUT2D eigenvalue weighted by atomic mass is 9.98. The van der Waals surface area contributed by atoms with E-state index in [2.05, 4.69) is 60.2 Å². The molecule has 1 aliphatic rings. The molecule has 18 heavy (non-hydrogen) atoms. The summed E-state index contributed by atoms with van der Waals surface area (Å²) < 4.78 is 0. The SMILES string of the molecule is Bc1ccc2c(n1)CCN(Cc1ccccc1)C2. The van der Waals surface area contributed by atoms with Crippen LogP contribution in [0.15, 0.2) is 42.5 Å². The molecule has 0 radical (unpaired) electrons. The van der Waals surface area contributed by atoms with Gasteiger partial charge < -0.3 is 0 Å². The van der Waals surface area contributed by atoms with Crippen molar-refractivity contribution in [1.82, 2.24) is 9.88 Å². The smallest absolute Gasteiger partial charge is 0.163 e. The number of fused-ring (bicyclic) bond motifs is 1. The van der Waals surface area contributed by atoms with Crippen molar-refractivity contribution < 1.29 is 0 Å². The highest BCUT2D eigenvalue weighted by Gasteiger charge is 2.17. The van der Waals surface area contributed by atoms with Crippen molar-refractivity contribution >= 4 is 13.4 Å². The average molecular weight is 236 g/mol. The molecular weight excluding hydrogens is 219 g/mol. The zero-order valence-electron chi connectivity index (χ0n) is 10.8. The first-order valence-corrected chi connectivity index (χ1v) is 6.53. The van der Waals surface area contributed by atoms with E-state index in [1.165, 1.54) is 16.8 Å². The van der Waals surface area contributed by atoms with Crippen molar-refractivity contribution in [1.29, 1.82) is 0 Å². The van der Waals surface area contributed by atoms with E-state index in [1.807, 2.05) is 0 Å². The lowest BCUT2D eigenvalue weighted by molar-refractivity contribution is 0.243. The van der Waals surface area contributed by atoms with E-state index in [0.29, 0.717) is 0 Å². The van der Waals surface area contributed by atoms with Crippen molar-refractivity contribution in [3.63, 3.8) is 0 Å².